The van der Waals surface area contributed by atoms with Gasteiger partial charge in [-0.2, -0.15) is 0 Å². The van der Waals surface area contributed by atoms with Crippen LogP contribution in [0.2, 0.25) is 0 Å². The summed E-state index contributed by atoms with van der Waals surface area (Å²) in [7, 11) is 1.58. The van der Waals surface area contributed by atoms with Crippen molar-refractivity contribution in [2.75, 3.05) is 12.4 Å². The van der Waals surface area contributed by atoms with Crippen molar-refractivity contribution in [1.29, 1.82) is 0 Å². The SMILES string of the molecule is COc1cc(C(=O)CCBr)ccc1Br. The lowest BCUT2D eigenvalue weighted by molar-refractivity contribution is 0.0989. The van der Waals surface area contributed by atoms with Gasteiger partial charge in [-0.05, 0) is 28.1 Å². The molecule has 0 aliphatic carbocycles. The molecule has 0 saturated heterocycles. The van der Waals surface area contributed by atoms with Gasteiger partial charge in [0.25, 0.3) is 0 Å². The van der Waals surface area contributed by atoms with Crippen molar-refractivity contribution >= 4 is 37.6 Å². The highest BCUT2D eigenvalue weighted by atomic mass is 79.9. The Morgan fingerprint density at radius 1 is 1.50 bits per heavy atom. The summed E-state index contributed by atoms with van der Waals surface area (Å²) in [5, 5.41) is 0.685. The zero-order valence-corrected chi connectivity index (χ0v) is 10.9. The summed E-state index contributed by atoms with van der Waals surface area (Å²) in [6.45, 7) is 0. The fraction of sp³-hybridized carbons (Fsp3) is 0.300. The highest BCUT2D eigenvalue weighted by Gasteiger charge is 2.07. The number of halogens is 2. The van der Waals surface area contributed by atoms with Gasteiger partial charge in [0.15, 0.2) is 5.78 Å². The van der Waals surface area contributed by atoms with Gasteiger partial charge in [0, 0.05) is 17.3 Å². The minimum absolute atomic E-state index is 0.118. The molecular formula is C10H10Br2O2. The van der Waals surface area contributed by atoms with E-state index in [4.69, 9.17) is 4.74 Å². The van der Waals surface area contributed by atoms with Crippen LogP contribution >= 0.6 is 31.9 Å². The van der Waals surface area contributed by atoms with Crippen molar-refractivity contribution in [3.8, 4) is 5.75 Å². The van der Waals surface area contributed by atoms with E-state index in [0.717, 1.165) is 4.47 Å². The maximum atomic E-state index is 11.5. The molecule has 0 aliphatic heterocycles. The van der Waals surface area contributed by atoms with Crippen LogP contribution in [0.4, 0.5) is 0 Å². The monoisotopic (exact) mass is 320 g/mol. The minimum Gasteiger partial charge on any atom is -0.496 e. The maximum absolute atomic E-state index is 11.5. The van der Waals surface area contributed by atoms with Crippen molar-refractivity contribution in [3.63, 3.8) is 0 Å². The molecule has 2 nitrogen and oxygen atoms in total. The largest absolute Gasteiger partial charge is 0.496 e. The molecule has 0 amide bonds. The standard InChI is InChI=1S/C10H10Br2O2/c1-14-10-6-7(2-3-8(10)12)9(13)4-5-11/h2-3,6H,4-5H2,1H3. The summed E-state index contributed by atoms with van der Waals surface area (Å²) >= 11 is 6.57. The van der Waals surface area contributed by atoms with Crippen LogP contribution in [0.15, 0.2) is 22.7 Å². The number of rotatable bonds is 4. The molecule has 0 N–H and O–H groups in total. The maximum Gasteiger partial charge on any atom is 0.163 e. The van der Waals surface area contributed by atoms with Crippen LogP contribution < -0.4 is 4.74 Å². The third-order valence-corrected chi connectivity index (χ3v) is 2.85. The van der Waals surface area contributed by atoms with Crippen LogP contribution in [0.3, 0.4) is 0 Å². The number of ketones is 1. The molecule has 0 unspecified atom stereocenters. The van der Waals surface area contributed by atoms with E-state index in [0.29, 0.717) is 23.1 Å². The smallest absolute Gasteiger partial charge is 0.163 e. The Kier molecular flexibility index (Phi) is 4.62. The summed E-state index contributed by atoms with van der Waals surface area (Å²) in [5.41, 5.74) is 0.685. The first-order chi connectivity index (χ1) is 6.69. The van der Waals surface area contributed by atoms with Crippen LogP contribution in [-0.4, -0.2) is 18.2 Å². The fourth-order valence-electron chi connectivity index (χ4n) is 1.06. The van der Waals surface area contributed by atoms with Gasteiger partial charge in [0.1, 0.15) is 5.75 Å². The van der Waals surface area contributed by atoms with E-state index in [1.807, 2.05) is 6.07 Å². The Labute approximate surface area is 99.9 Å². The van der Waals surface area contributed by atoms with Gasteiger partial charge in [-0.1, -0.05) is 22.0 Å². The number of methoxy groups -OCH3 is 1. The zero-order chi connectivity index (χ0) is 10.6. The van der Waals surface area contributed by atoms with E-state index in [-0.39, 0.29) is 5.78 Å². The molecule has 0 aromatic heterocycles. The average Bonchev–Trinajstić information content (AvgIpc) is 2.19. The minimum atomic E-state index is 0.118. The molecular weight excluding hydrogens is 312 g/mol. The summed E-state index contributed by atoms with van der Waals surface area (Å²) in [6, 6.07) is 5.35. The molecule has 0 radical (unpaired) electrons. The normalized spacial score (nSPS) is 9.93. The molecule has 1 aromatic rings. The second-order valence-electron chi connectivity index (χ2n) is 2.71. The number of carbonyl (C=O) groups is 1. The quantitative estimate of drug-likeness (QED) is 0.627. The number of hydrogen-bond acceptors (Lipinski definition) is 2. The molecule has 0 bridgehead atoms. The Morgan fingerprint density at radius 3 is 2.79 bits per heavy atom. The lowest BCUT2D eigenvalue weighted by Gasteiger charge is -2.05. The van der Waals surface area contributed by atoms with Gasteiger partial charge >= 0.3 is 0 Å². The van der Waals surface area contributed by atoms with Crippen molar-refractivity contribution in [2.24, 2.45) is 0 Å². The van der Waals surface area contributed by atoms with Crippen molar-refractivity contribution < 1.29 is 9.53 Å². The molecule has 0 saturated carbocycles. The van der Waals surface area contributed by atoms with Crippen molar-refractivity contribution in [3.05, 3.63) is 28.2 Å². The number of hydrogen-bond donors (Lipinski definition) is 0. The van der Waals surface area contributed by atoms with E-state index in [9.17, 15) is 4.79 Å². The van der Waals surface area contributed by atoms with Crippen LogP contribution in [0.25, 0.3) is 0 Å². The Hall–Kier alpha value is -0.350. The van der Waals surface area contributed by atoms with Crippen molar-refractivity contribution in [1.82, 2.24) is 0 Å². The molecule has 0 heterocycles. The first-order valence-electron chi connectivity index (χ1n) is 4.11. The van der Waals surface area contributed by atoms with Gasteiger partial charge in [-0.3, -0.25) is 4.79 Å². The second-order valence-corrected chi connectivity index (χ2v) is 4.36. The lowest BCUT2D eigenvalue weighted by atomic mass is 10.1. The van der Waals surface area contributed by atoms with E-state index in [1.165, 1.54) is 0 Å². The number of alkyl halides is 1. The Bertz CT molecular complexity index is 337. The van der Waals surface area contributed by atoms with Crippen molar-refractivity contribution in [2.45, 2.75) is 6.42 Å². The first-order valence-corrected chi connectivity index (χ1v) is 6.03. The van der Waals surface area contributed by atoms with Gasteiger partial charge in [-0.15, -0.1) is 0 Å². The van der Waals surface area contributed by atoms with E-state index < -0.39 is 0 Å². The summed E-state index contributed by atoms with van der Waals surface area (Å²) < 4.78 is 5.96. The molecule has 4 heteroatoms. The average molecular weight is 322 g/mol. The first kappa shape index (κ1) is 11.7. The second kappa shape index (κ2) is 5.51. The molecule has 0 spiro atoms. The van der Waals surface area contributed by atoms with Gasteiger partial charge in [0.2, 0.25) is 0 Å². The van der Waals surface area contributed by atoms with Gasteiger partial charge in [0.05, 0.1) is 11.6 Å². The number of benzene rings is 1. The topological polar surface area (TPSA) is 26.3 Å². The molecule has 0 atom stereocenters. The number of Topliss-reactive ketones (excluding diaryl/α,β-unsaturated/α-hetero) is 1. The molecule has 1 aromatic carbocycles. The molecule has 0 fully saturated rings. The third kappa shape index (κ3) is 2.82. The number of ether oxygens (including phenoxy) is 1. The zero-order valence-electron chi connectivity index (χ0n) is 7.72. The highest BCUT2D eigenvalue weighted by molar-refractivity contribution is 9.10. The Balaban J connectivity index is 2.94. The predicted octanol–water partition coefficient (Wildman–Crippen LogP) is 3.43. The fourth-order valence-corrected chi connectivity index (χ4v) is 1.83. The Morgan fingerprint density at radius 2 is 2.21 bits per heavy atom. The highest BCUT2D eigenvalue weighted by Crippen LogP contribution is 2.26. The summed E-state index contributed by atoms with van der Waals surface area (Å²) in [5.74, 6) is 0.804. The summed E-state index contributed by atoms with van der Waals surface area (Å²) in [6.07, 6.45) is 0.505. The van der Waals surface area contributed by atoms with Crippen LogP contribution in [0.1, 0.15) is 16.8 Å². The van der Waals surface area contributed by atoms with Crippen LogP contribution in [-0.2, 0) is 0 Å². The van der Waals surface area contributed by atoms with Gasteiger partial charge in [-0.25, -0.2) is 0 Å². The molecule has 1 rings (SSSR count). The molecule has 76 valence electrons. The van der Waals surface area contributed by atoms with Crippen LogP contribution in [0.5, 0.6) is 5.75 Å². The molecule has 14 heavy (non-hydrogen) atoms. The van der Waals surface area contributed by atoms with E-state index in [1.54, 1.807) is 19.2 Å². The molecule has 0 aliphatic rings. The van der Waals surface area contributed by atoms with Crippen LogP contribution in [0, 0.1) is 0 Å². The predicted molar refractivity (Wildman–Crippen MR) is 63.4 cm³/mol. The third-order valence-electron chi connectivity index (χ3n) is 1.79. The van der Waals surface area contributed by atoms with E-state index in [2.05, 4.69) is 31.9 Å². The number of carbonyl (C=O) groups excluding carboxylic acids is 1. The van der Waals surface area contributed by atoms with Gasteiger partial charge < -0.3 is 4.74 Å². The summed E-state index contributed by atoms with van der Waals surface area (Å²) in [4.78, 5) is 11.5. The van der Waals surface area contributed by atoms with E-state index >= 15 is 0 Å². The lowest BCUT2D eigenvalue weighted by Crippen LogP contribution is -2.00.